The number of carbonyl (C=O) groups excluding carboxylic acids is 1. The van der Waals surface area contributed by atoms with Gasteiger partial charge in [0.05, 0.1) is 18.6 Å². The van der Waals surface area contributed by atoms with Gasteiger partial charge in [-0.25, -0.2) is 4.79 Å². The number of fused-ring (bicyclic) bond motifs is 1. The molecule has 0 radical (unpaired) electrons. The summed E-state index contributed by atoms with van der Waals surface area (Å²) in [4.78, 5) is 27.2. The summed E-state index contributed by atoms with van der Waals surface area (Å²) < 4.78 is 10.5. The van der Waals surface area contributed by atoms with Crippen LogP contribution in [0.1, 0.15) is 21.7 Å². The van der Waals surface area contributed by atoms with Crippen LogP contribution in [0.15, 0.2) is 51.7 Å². The van der Waals surface area contributed by atoms with Gasteiger partial charge in [0.1, 0.15) is 0 Å². The predicted molar refractivity (Wildman–Crippen MR) is 113 cm³/mol. The highest BCUT2D eigenvalue weighted by atomic mass is 35.5. The predicted octanol–water partition coefficient (Wildman–Crippen LogP) is 2.91. The van der Waals surface area contributed by atoms with Gasteiger partial charge < -0.3 is 19.6 Å². The fraction of sp³-hybridized carbons (Fsp3) is 0.273. The number of halogens is 1. The van der Waals surface area contributed by atoms with E-state index < -0.39 is 17.3 Å². The maximum absolute atomic E-state index is 12.6. The Labute approximate surface area is 177 Å². The summed E-state index contributed by atoms with van der Waals surface area (Å²) in [6, 6.07) is 12.2. The number of hydrogen-bond acceptors (Lipinski definition) is 6. The summed E-state index contributed by atoms with van der Waals surface area (Å²) in [6.07, 6.45) is 0. The number of carbonyl (C=O) groups is 1. The zero-order valence-electron chi connectivity index (χ0n) is 16.2. The monoisotopic (exact) mass is 428 g/mol. The summed E-state index contributed by atoms with van der Waals surface area (Å²) in [7, 11) is 0. The molecule has 3 aromatic rings. The Bertz CT molecular complexity index is 1120. The quantitative estimate of drug-likeness (QED) is 0.649. The van der Waals surface area contributed by atoms with Crippen LogP contribution < -0.4 is 10.9 Å². The van der Waals surface area contributed by atoms with Crippen molar-refractivity contribution >= 4 is 28.3 Å². The topological polar surface area (TPSA) is 92.0 Å². The van der Waals surface area contributed by atoms with E-state index in [4.69, 9.17) is 20.8 Å². The second-order valence-electron chi connectivity index (χ2n) is 7.14. The number of morpholine rings is 1. The van der Waals surface area contributed by atoms with Gasteiger partial charge in [-0.05, 0) is 35.4 Å². The van der Waals surface area contributed by atoms with Gasteiger partial charge in [-0.3, -0.25) is 9.69 Å². The van der Waals surface area contributed by atoms with Gasteiger partial charge in [-0.1, -0.05) is 29.8 Å². The molecule has 0 spiro atoms. The normalized spacial score (nSPS) is 14.7. The van der Waals surface area contributed by atoms with E-state index in [1.54, 1.807) is 36.4 Å². The van der Waals surface area contributed by atoms with Gasteiger partial charge in [0.25, 0.3) is 5.91 Å². The van der Waals surface area contributed by atoms with Crippen LogP contribution in [0, 0.1) is 0 Å². The minimum atomic E-state index is -0.669. The molecule has 1 aliphatic rings. The Balaban J connectivity index is 1.57. The van der Waals surface area contributed by atoms with Crippen LogP contribution >= 0.6 is 11.6 Å². The highest BCUT2D eigenvalue weighted by Crippen LogP contribution is 2.28. The van der Waals surface area contributed by atoms with Gasteiger partial charge in [0.15, 0.2) is 5.75 Å². The smallest absolute Gasteiger partial charge is 0.344 e. The van der Waals surface area contributed by atoms with Crippen molar-refractivity contribution in [3.8, 4) is 5.75 Å². The molecule has 0 bridgehead atoms. The van der Waals surface area contributed by atoms with Crippen LogP contribution in [0.25, 0.3) is 10.8 Å². The standard InChI is InChI=1S/C22H21ClN2O5/c23-16-4-1-14(2-5-16)12-24-21(27)20-19(26)18-11-15(3-6-17(18)22(28)30-20)13-25-7-9-29-10-8-25/h1-6,11,26H,7-10,12-13H2,(H,24,27). The van der Waals surface area contributed by atoms with Crippen molar-refractivity contribution in [1.82, 2.24) is 10.2 Å². The first-order valence-corrected chi connectivity index (χ1v) is 10.0. The van der Waals surface area contributed by atoms with E-state index in [0.29, 0.717) is 30.2 Å². The minimum Gasteiger partial charge on any atom is -0.504 e. The van der Waals surface area contributed by atoms with E-state index in [9.17, 15) is 14.7 Å². The molecule has 156 valence electrons. The molecule has 2 heterocycles. The van der Waals surface area contributed by atoms with Crippen molar-refractivity contribution in [3.63, 3.8) is 0 Å². The van der Waals surface area contributed by atoms with Crippen molar-refractivity contribution in [1.29, 1.82) is 0 Å². The summed E-state index contributed by atoms with van der Waals surface area (Å²) in [6.45, 7) is 3.87. The largest absolute Gasteiger partial charge is 0.504 e. The van der Waals surface area contributed by atoms with Crippen LogP contribution in [0.2, 0.25) is 5.02 Å². The number of nitrogens with one attached hydrogen (secondary N) is 1. The lowest BCUT2D eigenvalue weighted by Gasteiger charge is -2.26. The van der Waals surface area contributed by atoms with E-state index in [1.165, 1.54) is 0 Å². The van der Waals surface area contributed by atoms with E-state index in [0.717, 1.165) is 24.2 Å². The van der Waals surface area contributed by atoms with Crippen LogP contribution in [0.4, 0.5) is 0 Å². The Kier molecular flexibility index (Phi) is 6.03. The second kappa shape index (κ2) is 8.87. The van der Waals surface area contributed by atoms with Crippen molar-refractivity contribution in [2.24, 2.45) is 0 Å². The Morgan fingerprint density at radius 1 is 1.07 bits per heavy atom. The van der Waals surface area contributed by atoms with Crippen molar-refractivity contribution in [2.45, 2.75) is 13.1 Å². The summed E-state index contributed by atoms with van der Waals surface area (Å²) >= 11 is 5.86. The summed E-state index contributed by atoms with van der Waals surface area (Å²) in [5, 5.41) is 14.4. The van der Waals surface area contributed by atoms with Gasteiger partial charge in [0, 0.05) is 36.6 Å². The molecule has 1 aromatic heterocycles. The Morgan fingerprint density at radius 2 is 1.77 bits per heavy atom. The average Bonchev–Trinajstić information content (AvgIpc) is 2.76. The third-order valence-corrected chi connectivity index (χ3v) is 5.30. The zero-order valence-corrected chi connectivity index (χ0v) is 16.9. The van der Waals surface area contributed by atoms with Crippen molar-refractivity contribution in [3.05, 3.63) is 74.8 Å². The summed E-state index contributed by atoms with van der Waals surface area (Å²) in [5.74, 6) is -1.41. The van der Waals surface area contributed by atoms with Gasteiger partial charge in [-0.2, -0.15) is 0 Å². The molecule has 7 nitrogen and oxygen atoms in total. The lowest BCUT2D eigenvalue weighted by atomic mass is 10.1. The number of aromatic hydroxyl groups is 1. The zero-order chi connectivity index (χ0) is 21.1. The van der Waals surface area contributed by atoms with Crippen molar-refractivity contribution < 1.29 is 19.1 Å². The molecule has 0 saturated carbocycles. The number of nitrogens with zero attached hydrogens (tertiary/aromatic N) is 1. The third kappa shape index (κ3) is 4.48. The first-order valence-electron chi connectivity index (χ1n) is 9.63. The SMILES string of the molecule is O=C(NCc1ccc(Cl)cc1)c1oc(=O)c2ccc(CN3CCOCC3)cc2c1O. The first-order chi connectivity index (χ1) is 14.5. The molecule has 2 N–H and O–H groups in total. The molecule has 0 unspecified atom stereocenters. The van der Waals surface area contributed by atoms with Crippen molar-refractivity contribution in [2.75, 3.05) is 26.3 Å². The Hall–Kier alpha value is -2.87. The highest BCUT2D eigenvalue weighted by Gasteiger charge is 2.20. The molecule has 1 fully saturated rings. The second-order valence-corrected chi connectivity index (χ2v) is 7.58. The van der Waals surface area contributed by atoms with Gasteiger partial charge in [-0.15, -0.1) is 0 Å². The molecule has 30 heavy (non-hydrogen) atoms. The molecule has 1 amide bonds. The van der Waals surface area contributed by atoms with Gasteiger partial charge >= 0.3 is 5.63 Å². The molecule has 8 heteroatoms. The Morgan fingerprint density at radius 3 is 2.50 bits per heavy atom. The fourth-order valence-electron chi connectivity index (χ4n) is 3.42. The molecule has 4 rings (SSSR count). The number of ether oxygens (including phenoxy) is 1. The molecular weight excluding hydrogens is 408 g/mol. The first kappa shape index (κ1) is 20.4. The van der Waals surface area contributed by atoms with E-state index in [1.807, 2.05) is 6.07 Å². The number of benzene rings is 2. The van der Waals surface area contributed by atoms with Crippen LogP contribution in [-0.4, -0.2) is 42.2 Å². The number of amides is 1. The summed E-state index contributed by atoms with van der Waals surface area (Å²) in [5.41, 5.74) is 1.08. The number of hydrogen-bond donors (Lipinski definition) is 2. The number of rotatable bonds is 5. The maximum atomic E-state index is 12.6. The van der Waals surface area contributed by atoms with Crippen LogP contribution in [-0.2, 0) is 17.8 Å². The van der Waals surface area contributed by atoms with Crippen LogP contribution in [0.5, 0.6) is 5.75 Å². The average molecular weight is 429 g/mol. The third-order valence-electron chi connectivity index (χ3n) is 5.05. The van der Waals surface area contributed by atoms with Crippen LogP contribution in [0.3, 0.4) is 0 Å². The molecule has 1 saturated heterocycles. The van der Waals surface area contributed by atoms with E-state index >= 15 is 0 Å². The molecule has 2 aromatic carbocycles. The molecule has 0 aliphatic carbocycles. The molecule has 1 aliphatic heterocycles. The molecule has 0 atom stereocenters. The highest BCUT2D eigenvalue weighted by molar-refractivity contribution is 6.30. The minimum absolute atomic E-state index is 0.203. The molecular formula is C22H21ClN2O5. The van der Waals surface area contributed by atoms with Gasteiger partial charge in [0.2, 0.25) is 5.76 Å². The maximum Gasteiger partial charge on any atom is 0.344 e. The van der Waals surface area contributed by atoms with E-state index in [-0.39, 0.29) is 17.7 Å². The van der Waals surface area contributed by atoms with E-state index in [2.05, 4.69) is 10.2 Å². The lowest BCUT2D eigenvalue weighted by molar-refractivity contribution is 0.0342. The fourth-order valence-corrected chi connectivity index (χ4v) is 3.54. The lowest BCUT2D eigenvalue weighted by Crippen LogP contribution is -2.35.